The molecule has 0 bridgehead atoms. The molecule has 0 saturated carbocycles. The Bertz CT molecular complexity index is 922. The van der Waals surface area contributed by atoms with E-state index in [4.69, 9.17) is 4.74 Å². The number of rotatable bonds is 10. The molecule has 158 valence electrons. The van der Waals surface area contributed by atoms with Crippen molar-refractivity contribution >= 4 is 21.6 Å². The van der Waals surface area contributed by atoms with E-state index in [0.717, 1.165) is 17.5 Å². The van der Waals surface area contributed by atoms with E-state index < -0.39 is 10.0 Å². The Kier molecular flexibility index (Phi) is 8.22. The Morgan fingerprint density at radius 2 is 1.72 bits per heavy atom. The number of anilines is 1. The van der Waals surface area contributed by atoms with Crippen molar-refractivity contribution in [2.75, 3.05) is 24.5 Å². The monoisotopic (exact) mass is 418 g/mol. The molecule has 0 unspecified atom stereocenters. The molecule has 0 heterocycles. The normalized spacial score (nSPS) is 11.5. The molecule has 0 aliphatic rings. The van der Waals surface area contributed by atoms with Crippen LogP contribution in [0.3, 0.4) is 0 Å². The first kappa shape index (κ1) is 22.9. The van der Waals surface area contributed by atoms with Crippen LogP contribution in [0.5, 0.6) is 0 Å². The van der Waals surface area contributed by atoms with Crippen LogP contribution in [-0.4, -0.2) is 34.1 Å². The van der Waals surface area contributed by atoms with Gasteiger partial charge in [-0.1, -0.05) is 19.9 Å². The summed E-state index contributed by atoms with van der Waals surface area (Å²) in [4.78, 5) is 12.3. The zero-order valence-electron chi connectivity index (χ0n) is 17.5. The molecule has 2 aromatic carbocycles. The average Bonchev–Trinajstić information content (AvgIpc) is 2.67. The van der Waals surface area contributed by atoms with Crippen LogP contribution in [0, 0.1) is 19.8 Å². The molecular weight excluding hydrogens is 388 g/mol. The summed E-state index contributed by atoms with van der Waals surface area (Å²) in [7, 11) is -3.72. The second-order valence-corrected chi connectivity index (χ2v) is 9.19. The molecule has 0 spiro atoms. The molecule has 1 amide bonds. The number of ether oxygens (including phenoxy) is 1. The minimum Gasteiger partial charge on any atom is -0.381 e. The van der Waals surface area contributed by atoms with E-state index in [2.05, 4.69) is 23.9 Å². The van der Waals surface area contributed by atoms with Gasteiger partial charge in [0.2, 0.25) is 0 Å². The van der Waals surface area contributed by atoms with Crippen molar-refractivity contribution in [2.45, 2.75) is 39.0 Å². The predicted octanol–water partition coefficient (Wildman–Crippen LogP) is 3.90. The van der Waals surface area contributed by atoms with Crippen molar-refractivity contribution in [2.24, 2.45) is 5.92 Å². The summed E-state index contributed by atoms with van der Waals surface area (Å²) in [5, 5.41) is 2.81. The number of nitrogens with one attached hydrogen (secondary N) is 2. The molecule has 0 fully saturated rings. The van der Waals surface area contributed by atoms with E-state index in [1.54, 1.807) is 12.1 Å². The molecule has 0 aliphatic heterocycles. The zero-order valence-corrected chi connectivity index (χ0v) is 18.3. The first-order valence-corrected chi connectivity index (χ1v) is 11.2. The fourth-order valence-electron chi connectivity index (χ4n) is 2.60. The molecule has 2 aromatic rings. The molecule has 0 atom stereocenters. The van der Waals surface area contributed by atoms with E-state index in [1.807, 2.05) is 19.9 Å². The van der Waals surface area contributed by atoms with Crippen LogP contribution in [-0.2, 0) is 14.8 Å². The van der Waals surface area contributed by atoms with Crippen molar-refractivity contribution in [1.82, 2.24) is 5.32 Å². The lowest BCUT2D eigenvalue weighted by molar-refractivity contribution is 0.0925. The van der Waals surface area contributed by atoms with Crippen LogP contribution in [0.1, 0.15) is 41.8 Å². The third kappa shape index (κ3) is 7.18. The quantitative estimate of drug-likeness (QED) is 0.573. The molecule has 7 heteroatoms. The van der Waals surface area contributed by atoms with E-state index >= 15 is 0 Å². The molecule has 29 heavy (non-hydrogen) atoms. The summed E-state index contributed by atoms with van der Waals surface area (Å²) in [6.45, 7) is 9.88. The second kappa shape index (κ2) is 10.4. The highest BCUT2D eigenvalue weighted by Crippen LogP contribution is 2.19. The van der Waals surface area contributed by atoms with Crippen LogP contribution in [0.25, 0.3) is 0 Å². The van der Waals surface area contributed by atoms with Gasteiger partial charge in [0.15, 0.2) is 0 Å². The van der Waals surface area contributed by atoms with E-state index in [1.165, 1.54) is 24.3 Å². The Balaban J connectivity index is 1.91. The zero-order chi connectivity index (χ0) is 21.4. The van der Waals surface area contributed by atoms with Crippen molar-refractivity contribution in [3.63, 3.8) is 0 Å². The Hall–Kier alpha value is -2.38. The van der Waals surface area contributed by atoms with Crippen molar-refractivity contribution in [3.05, 3.63) is 59.2 Å². The lowest BCUT2D eigenvalue weighted by atomic mass is 10.1. The predicted molar refractivity (Wildman–Crippen MR) is 116 cm³/mol. The first-order valence-electron chi connectivity index (χ1n) is 9.75. The number of amides is 1. The smallest absolute Gasteiger partial charge is 0.261 e. The Morgan fingerprint density at radius 1 is 1.03 bits per heavy atom. The fraction of sp³-hybridized carbons (Fsp3) is 0.409. The molecule has 0 aromatic heterocycles. The van der Waals surface area contributed by atoms with Gasteiger partial charge in [-0.25, -0.2) is 8.42 Å². The van der Waals surface area contributed by atoms with Gasteiger partial charge in [-0.15, -0.1) is 0 Å². The van der Waals surface area contributed by atoms with Gasteiger partial charge in [0.05, 0.1) is 4.90 Å². The number of carbonyl (C=O) groups excluding carboxylic acids is 1. The maximum atomic E-state index is 12.6. The number of aryl methyl sites for hydroxylation is 2. The first-order chi connectivity index (χ1) is 13.7. The topological polar surface area (TPSA) is 84.5 Å². The van der Waals surface area contributed by atoms with Crippen molar-refractivity contribution in [3.8, 4) is 0 Å². The largest absolute Gasteiger partial charge is 0.381 e. The molecular formula is C22H30N2O4S. The van der Waals surface area contributed by atoms with Gasteiger partial charge in [0.25, 0.3) is 15.9 Å². The number of hydrogen-bond donors (Lipinski definition) is 2. The highest BCUT2D eigenvalue weighted by Gasteiger charge is 2.15. The highest BCUT2D eigenvalue weighted by molar-refractivity contribution is 7.92. The summed E-state index contributed by atoms with van der Waals surface area (Å²) < 4.78 is 33.2. The second-order valence-electron chi connectivity index (χ2n) is 7.51. The van der Waals surface area contributed by atoms with E-state index in [0.29, 0.717) is 36.9 Å². The van der Waals surface area contributed by atoms with Gasteiger partial charge in [-0.2, -0.15) is 0 Å². The van der Waals surface area contributed by atoms with Gasteiger partial charge in [0, 0.05) is 31.0 Å². The fourth-order valence-corrected chi connectivity index (χ4v) is 3.65. The third-order valence-corrected chi connectivity index (χ3v) is 5.79. The van der Waals surface area contributed by atoms with Crippen molar-refractivity contribution in [1.29, 1.82) is 0 Å². The highest BCUT2D eigenvalue weighted by atomic mass is 32.2. The summed E-state index contributed by atoms with van der Waals surface area (Å²) >= 11 is 0. The van der Waals surface area contributed by atoms with Gasteiger partial charge >= 0.3 is 0 Å². The maximum absolute atomic E-state index is 12.6. The standard InChI is InChI=1S/C22H30N2O4S/c1-16(2)15-28-13-5-12-23-22(25)19-7-10-21(11-8-19)29(26,27)24-20-9-6-17(3)18(4)14-20/h6-11,14,16,24H,5,12-13,15H2,1-4H3,(H,23,25). The van der Waals surface area contributed by atoms with Crippen LogP contribution in [0.2, 0.25) is 0 Å². The molecule has 0 aliphatic carbocycles. The van der Waals surface area contributed by atoms with Crippen LogP contribution in [0.4, 0.5) is 5.69 Å². The molecule has 0 radical (unpaired) electrons. The van der Waals surface area contributed by atoms with Gasteiger partial charge in [0.1, 0.15) is 0 Å². The number of hydrogen-bond acceptors (Lipinski definition) is 4. The van der Waals surface area contributed by atoms with Crippen LogP contribution < -0.4 is 10.0 Å². The minimum absolute atomic E-state index is 0.106. The summed E-state index contributed by atoms with van der Waals surface area (Å²) in [6.07, 6.45) is 0.727. The summed E-state index contributed by atoms with van der Waals surface area (Å²) in [5.74, 6) is 0.254. The average molecular weight is 419 g/mol. The van der Waals surface area contributed by atoms with Gasteiger partial charge < -0.3 is 10.1 Å². The summed E-state index contributed by atoms with van der Waals surface area (Å²) in [6, 6.07) is 11.3. The van der Waals surface area contributed by atoms with Crippen molar-refractivity contribution < 1.29 is 17.9 Å². The maximum Gasteiger partial charge on any atom is 0.261 e. The number of sulfonamides is 1. The number of carbonyl (C=O) groups is 1. The molecule has 2 rings (SSSR count). The Morgan fingerprint density at radius 3 is 2.34 bits per heavy atom. The van der Waals surface area contributed by atoms with Crippen LogP contribution in [0.15, 0.2) is 47.4 Å². The van der Waals surface area contributed by atoms with E-state index in [-0.39, 0.29) is 10.8 Å². The molecule has 6 nitrogen and oxygen atoms in total. The Labute approximate surface area is 173 Å². The minimum atomic E-state index is -3.72. The molecule has 2 N–H and O–H groups in total. The van der Waals surface area contributed by atoms with Gasteiger partial charge in [-0.3, -0.25) is 9.52 Å². The lowest BCUT2D eigenvalue weighted by Crippen LogP contribution is -2.25. The van der Waals surface area contributed by atoms with Crippen LogP contribution >= 0.6 is 0 Å². The number of benzene rings is 2. The lowest BCUT2D eigenvalue weighted by Gasteiger charge is -2.11. The van der Waals surface area contributed by atoms with Gasteiger partial charge in [-0.05, 0) is 73.7 Å². The SMILES string of the molecule is Cc1ccc(NS(=O)(=O)c2ccc(C(=O)NCCCOCC(C)C)cc2)cc1C. The third-order valence-electron chi connectivity index (χ3n) is 4.39. The van der Waals surface area contributed by atoms with E-state index in [9.17, 15) is 13.2 Å². The molecule has 0 saturated heterocycles. The summed E-state index contributed by atoms with van der Waals surface area (Å²) in [5.41, 5.74) is 3.02.